The highest BCUT2D eigenvalue weighted by Gasteiger charge is 2.36. The van der Waals surface area contributed by atoms with E-state index in [0.717, 1.165) is 0 Å². The first-order valence-electron chi connectivity index (χ1n) is 3.32. The Morgan fingerprint density at radius 3 is 2.29 bits per heavy atom. The summed E-state index contributed by atoms with van der Waals surface area (Å²) in [6.45, 7) is 0. The van der Waals surface area contributed by atoms with Crippen LogP contribution in [0, 0.1) is 17.1 Å². The molecule has 0 aliphatic carbocycles. The lowest BCUT2D eigenvalue weighted by atomic mass is 10.1. The number of alkyl halides is 3. The molecule has 0 radical (unpaired) electrons. The average molecular weight is 268 g/mol. The third-order valence-electron chi connectivity index (χ3n) is 1.46. The molecule has 0 spiro atoms. The second-order valence-corrected chi connectivity index (χ2v) is 3.27. The quantitative estimate of drug-likeness (QED) is 0.661. The highest BCUT2D eigenvalue weighted by atomic mass is 79.9. The van der Waals surface area contributed by atoms with Crippen molar-refractivity contribution in [2.75, 3.05) is 0 Å². The number of nitriles is 1. The maximum Gasteiger partial charge on any atom is 0.418 e. The molecule has 1 aromatic carbocycles. The van der Waals surface area contributed by atoms with E-state index in [4.69, 9.17) is 5.26 Å². The minimum absolute atomic E-state index is 0.471. The van der Waals surface area contributed by atoms with Crippen molar-refractivity contribution in [3.63, 3.8) is 0 Å². The second-order valence-electron chi connectivity index (χ2n) is 2.42. The van der Waals surface area contributed by atoms with E-state index >= 15 is 0 Å². The van der Waals surface area contributed by atoms with Gasteiger partial charge in [0, 0.05) is 4.47 Å². The smallest absolute Gasteiger partial charge is 0.207 e. The zero-order valence-corrected chi connectivity index (χ0v) is 8.08. The largest absolute Gasteiger partial charge is 0.418 e. The Labute approximate surface area is 85.1 Å². The summed E-state index contributed by atoms with van der Waals surface area (Å²) in [5.74, 6) is -0.888. The lowest BCUT2D eigenvalue weighted by Gasteiger charge is -2.10. The Hall–Kier alpha value is -1.09. The summed E-state index contributed by atoms with van der Waals surface area (Å²) in [4.78, 5) is 0. The van der Waals surface area contributed by atoms with Crippen molar-refractivity contribution in [2.45, 2.75) is 6.18 Å². The van der Waals surface area contributed by atoms with Gasteiger partial charge in [-0.15, -0.1) is 0 Å². The number of hydrogen-bond acceptors (Lipinski definition) is 1. The van der Waals surface area contributed by atoms with Gasteiger partial charge < -0.3 is 0 Å². The van der Waals surface area contributed by atoms with Crippen LogP contribution < -0.4 is 0 Å². The third kappa shape index (κ3) is 2.04. The maximum atomic E-state index is 12.6. The lowest BCUT2D eigenvalue weighted by molar-refractivity contribution is -0.138. The van der Waals surface area contributed by atoms with Crippen LogP contribution in [-0.2, 0) is 6.18 Å². The molecule has 0 aromatic heterocycles. The molecule has 0 fully saturated rings. The molecule has 0 amide bonds. The van der Waals surface area contributed by atoms with Gasteiger partial charge in [0.1, 0.15) is 5.82 Å². The van der Waals surface area contributed by atoms with Crippen LogP contribution in [0.25, 0.3) is 0 Å². The summed E-state index contributed by atoms with van der Waals surface area (Å²) in [6.07, 6.45) is -4.67. The van der Waals surface area contributed by atoms with Crippen molar-refractivity contribution in [1.29, 1.82) is 5.26 Å². The van der Waals surface area contributed by atoms with E-state index in [1.165, 1.54) is 6.07 Å². The van der Waals surface area contributed by atoms with Crippen molar-refractivity contribution < 1.29 is 17.6 Å². The molecule has 0 saturated carbocycles. The highest BCUT2D eigenvalue weighted by Crippen LogP contribution is 2.37. The Bertz CT molecular complexity index is 405. The molecule has 1 rings (SSSR count). The van der Waals surface area contributed by atoms with E-state index in [9.17, 15) is 17.6 Å². The lowest BCUT2D eigenvalue weighted by Crippen LogP contribution is -2.09. The summed E-state index contributed by atoms with van der Waals surface area (Å²) in [7, 11) is 0. The maximum absolute atomic E-state index is 12.6. The van der Waals surface area contributed by atoms with Crippen LogP contribution in [0.5, 0.6) is 0 Å². The van der Waals surface area contributed by atoms with Crippen molar-refractivity contribution in [3.05, 3.63) is 33.5 Å². The Morgan fingerprint density at radius 2 is 1.86 bits per heavy atom. The van der Waals surface area contributed by atoms with Crippen LogP contribution in [0.15, 0.2) is 16.6 Å². The van der Waals surface area contributed by atoms with Crippen LogP contribution in [-0.4, -0.2) is 0 Å². The van der Waals surface area contributed by atoms with Crippen LogP contribution in [0.4, 0.5) is 17.6 Å². The molecule has 0 N–H and O–H groups in total. The minimum Gasteiger partial charge on any atom is -0.207 e. The van der Waals surface area contributed by atoms with Gasteiger partial charge in [-0.25, -0.2) is 4.39 Å². The predicted octanol–water partition coefficient (Wildman–Crippen LogP) is 3.48. The SMILES string of the molecule is N#Cc1cc(F)cc(Br)c1C(F)(F)F. The fourth-order valence-corrected chi connectivity index (χ4v) is 1.61. The van der Waals surface area contributed by atoms with Crippen molar-refractivity contribution >= 4 is 15.9 Å². The molecule has 14 heavy (non-hydrogen) atoms. The van der Waals surface area contributed by atoms with E-state index in [-0.39, 0.29) is 0 Å². The van der Waals surface area contributed by atoms with Crippen molar-refractivity contribution in [1.82, 2.24) is 0 Å². The Kier molecular flexibility index (Phi) is 2.81. The minimum atomic E-state index is -4.67. The first-order valence-corrected chi connectivity index (χ1v) is 4.12. The zero-order valence-electron chi connectivity index (χ0n) is 6.49. The molecule has 1 nitrogen and oxygen atoms in total. The number of benzene rings is 1. The monoisotopic (exact) mass is 267 g/mol. The summed E-state index contributed by atoms with van der Waals surface area (Å²) in [6, 6.07) is 2.51. The number of nitrogens with zero attached hydrogens (tertiary/aromatic N) is 1. The summed E-state index contributed by atoms with van der Waals surface area (Å²) in [5, 5.41) is 8.39. The van der Waals surface area contributed by atoms with Gasteiger partial charge in [-0.3, -0.25) is 0 Å². The van der Waals surface area contributed by atoms with Gasteiger partial charge in [-0.05, 0) is 12.1 Å². The average Bonchev–Trinajstić information content (AvgIpc) is 1.99. The standard InChI is InChI=1S/C8H2BrF4N/c9-6-2-5(10)1-4(3-14)7(6)8(11,12)13/h1-2H. The normalized spacial score (nSPS) is 11.1. The van der Waals surface area contributed by atoms with Gasteiger partial charge in [0.05, 0.1) is 17.2 Å². The first-order chi connectivity index (χ1) is 6.36. The fourth-order valence-electron chi connectivity index (χ4n) is 0.950. The number of rotatable bonds is 0. The van der Waals surface area contributed by atoms with Gasteiger partial charge >= 0.3 is 6.18 Å². The van der Waals surface area contributed by atoms with Gasteiger partial charge in [0.15, 0.2) is 0 Å². The molecule has 74 valence electrons. The molecule has 0 bridgehead atoms. The van der Waals surface area contributed by atoms with Crippen LogP contribution >= 0.6 is 15.9 Å². The summed E-state index contributed by atoms with van der Waals surface area (Å²) < 4.78 is 49.1. The Balaban J connectivity index is 3.51. The van der Waals surface area contributed by atoms with Crippen molar-refractivity contribution in [2.24, 2.45) is 0 Å². The summed E-state index contributed by atoms with van der Waals surface area (Å²) in [5.41, 5.74) is -1.88. The molecule has 6 heteroatoms. The summed E-state index contributed by atoms with van der Waals surface area (Å²) >= 11 is 2.56. The molecule has 0 saturated heterocycles. The van der Waals surface area contributed by atoms with Crippen LogP contribution in [0.1, 0.15) is 11.1 Å². The zero-order chi connectivity index (χ0) is 10.9. The molecule has 0 aliphatic heterocycles. The van der Waals surface area contributed by atoms with E-state index < -0.39 is 27.6 Å². The molecule has 0 heterocycles. The molecule has 0 unspecified atom stereocenters. The number of halogens is 5. The van der Waals surface area contributed by atoms with E-state index in [1.807, 2.05) is 0 Å². The third-order valence-corrected chi connectivity index (χ3v) is 2.08. The number of hydrogen-bond donors (Lipinski definition) is 0. The predicted molar refractivity (Wildman–Crippen MR) is 43.8 cm³/mol. The Morgan fingerprint density at radius 1 is 1.29 bits per heavy atom. The molecule has 0 atom stereocenters. The van der Waals surface area contributed by atoms with E-state index in [0.29, 0.717) is 12.1 Å². The van der Waals surface area contributed by atoms with Gasteiger partial charge in [-0.1, -0.05) is 15.9 Å². The van der Waals surface area contributed by atoms with Crippen LogP contribution in [0.2, 0.25) is 0 Å². The first kappa shape index (κ1) is 11.0. The molecule has 1 aromatic rings. The van der Waals surface area contributed by atoms with Gasteiger partial charge in [0.2, 0.25) is 0 Å². The van der Waals surface area contributed by atoms with E-state index in [1.54, 1.807) is 0 Å². The van der Waals surface area contributed by atoms with E-state index in [2.05, 4.69) is 15.9 Å². The van der Waals surface area contributed by atoms with Gasteiger partial charge in [0.25, 0.3) is 0 Å². The molecular formula is C8H2BrF4N. The molecule has 0 aliphatic rings. The molecular weight excluding hydrogens is 266 g/mol. The van der Waals surface area contributed by atoms with Crippen molar-refractivity contribution in [3.8, 4) is 6.07 Å². The fraction of sp³-hybridized carbons (Fsp3) is 0.125. The second kappa shape index (κ2) is 3.58. The topological polar surface area (TPSA) is 23.8 Å². The highest BCUT2D eigenvalue weighted by molar-refractivity contribution is 9.10. The van der Waals surface area contributed by atoms with Gasteiger partial charge in [-0.2, -0.15) is 18.4 Å². The van der Waals surface area contributed by atoms with Crippen LogP contribution in [0.3, 0.4) is 0 Å².